The molecular weight excluding hydrogens is 282 g/mol. The number of nitrogens with zero attached hydrogens (tertiary/aromatic N) is 1. The molecule has 4 heteroatoms. The van der Waals surface area contributed by atoms with E-state index in [1.165, 1.54) is 11.5 Å². The van der Waals surface area contributed by atoms with Gasteiger partial charge in [-0.25, -0.2) is 3.96 Å². The SMILES string of the molecule is Cc1cc(C#CCO)cc(-n2sc3ccccc3c2=O)c1. The van der Waals surface area contributed by atoms with Crippen molar-refractivity contribution < 1.29 is 5.11 Å². The predicted molar refractivity (Wildman–Crippen MR) is 86.1 cm³/mol. The zero-order valence-electron chi connectivity index (χ0n) is 11.5. The van der Waals surface area contributed by atoms with Crippen LogP contribution in [0.2, 0.25) is 0 Å². The Kier molecular flexibility index (Phi) is 3.61. The minimum atomic E-state index is -0.174. The molecule has 1 aromatic heterocycles. The number of rotatable bonds is 1. The molecule has 3 aromatic rings. The number of benzene rings is 2. The molecule has 104 valence electrons. The van der Waals surface area contributed by atoms with Crippen LogP contribution in [0.25, 0.3) is 15.8 Å². The molecule has 0 atom stereocenters. The van der Waals surface area contributed by atoms with Crippen molar-refractivity contribution in [2.75, 3.05) is 6.61 Å². The van der Waals surface area contributed by atoms with E-state index in [0.717, 1.165) is 26.9 Å². The van der Waals surface area contributed by atoms with Crippen LogP contribution in [-0.2, 0) is 0 Å². The van der Waals surface area contributed by atoms with Crippen molar-refractivity contribution in [3.05, 3.63) is 63.9 Å². The van der Waals surface area contributed by atoms with E-state index in [1.807, 2.05) is 49.4 Å². The number of aliphatic hydroxyl groups is 1. The van der Waals surface area contributed by atoms with E-state index in [4.69, 9.17) is 5.11 Å². The highest BCUT2D eigenvalue weighted by atomic mass is 32.1. The molecule has 0 amide bonds. The molecule has 0 aliphatic heterocycles. The van der Waals surface area contributed by atoms with Gasteiger partial charge in [0.25, 0.3) is 5.56 Å². The lowest BCUT2D eigenvalue weighted by atomic mass is 10.1. The Morgan fingerprint density at radius 1 is 1.24 bits per heavy atom. The molecule has 0 saturated carbocycles. The van der Waals surface area contributed by atoms with Crippen LogP contribution >= 0.6 is 11.5 Å². The molecule has 0 aliphatic carbocycles. The van der Waals surface area contributed by atoms with Crippen LogP contribution < -0.4 is 5.56 Å². The summed E-state index contributed by atoms with van der Waals surface area (Å²) in [5.74, 6) is 5.52. The number of hydrogen-bond acceptors (Lipinski definition) is 3. The molecule has 3 nitrogen and oxygen atoms in total. The molecule has 0 fully saturated rings. The van der Waals surface area contributed by atoms with Crippen molar-refractivity contribution in [3.8, 4) is 17.5 Å². The summed E-state index contributed by atoms with van der Waals surface area (Å²) in [5, 5.41) is 9.52. The lowest BCUT2D eigenvalue weighted by Crippen LogP contribution is -2.10. The summed E-state index contributed by atoms with van der Waals surface area (Å²) in [6.45, 7) is 1.79. The highest BCUT2D eigenvalue weighted by molar-refractivity contribution is 7.14. The molecule has 0 spiro atoms. The summed E-state index contributed by atoms with van der Waals surface area (Å²) < 4.78 is 2.65. The second kappa shape index (κ2) is 5.57. The Morgan fingerprint density at radius 3 is 2.81 bits per heavy atom. The predicted octanol–water partition coefficient (Wildman–Crippen LogP) is 2.70. The molecule has 0 unspecified atom stereocenters. The quantitative estimate of drug-likeness (QED) is 0.701. The molecule has 2 aromatic carbocycles. The Hall–Kier alpha value is -2.35. The number of fused-ring (bicyclic) bond motifs is 1. The Labute approximate surface area is 126 Å². The smallest absolute Gasteiger partial charge is 0.273 e. The van der Waals surface area contributed by atoms with Gasteiger partial charge in [0.05, 0.1) is 15.8 Å². The van der Waals surface area contributed by atoms with Gasteiger partial charge in [-0.3, -0.25) is 4.79 Å². The van der Waals surface area contributed by atoms with Gasteiger partial charge in [-0.1, -0.05) is 35.5 Å². The first-order valence-electron chi connectivity index (χ1n) is 6.52. The Balaban J connectivity index is 2.21. The fourth-order valence-electron chi connectivity index (χ4n) is 2.24. The largest absolute Gasteiger partial charge is 0.384 e. The second-order valence-corrected chi connectivity index (χ2v) is 5.69. The van der Waals surface area contributed by atoms with Gasteiger partial charge in [0, 0.05) is 5.56 Å². The average Bonchev–Trinajstić information content (AvgIpc) is 2.82. The molecule has 1 N–H and O–H groups in total. The van der Waals surface area contributed by atoms with Crippen LogP contribution in [-0.4, -0.2) is 15.7 Å². The Bertz CT molecular complexity index is 925. The van der Waals surface area contributed by atoms with E-state index in [0.29, 0.717) is 0 Å². The van der Waals surface area contributed by atoms with Crippen molar-refractivity contribution in [2.45, 2.75) is 6.92 Å². The lowest BCUT2D eigenvalue weighted by Gasteiger charge is -2.03. The van der Waals surface area contributed by atoms with Crippen LogP contribution in [0.5, 0.6) is 0 Å². The third-order valence-corrected chi connectivity index (χ3v) is 4.21. The van der Waals surface area contributed by atoms with Crippen molar-refractivity contribution in [1.82, 2.24) is 3.96 Å². The van der Waals surface area contributed by atoms with E-state index < -0.39 is 0 Å². The van der Waals surface area contributed by atoms with Gasteiger partial charge in [0.1, 0.15) is 6.61 Å². The molecule has 0 radical (unpaired) electrons. The van der Waals surface area contributed by atoms with Gasteiger partial charge < -0.3 is 5.11 Å². The van der Waals surface area contributed by atoms with Gasteiger partial charge in [-0.15, -0.1) is 0 Å². The summed E-state index contributed by atoms with van der Waals surface area (Å²) >= 11 is 1.42. The highest BCUT2D eigenvalue weighted by Crippen LogP contribution is 2.21. The second-order valence-electron chi connectivity index (χ2n) is 4.70. The topological polar surface area (TPSA) is 42.2 Å². The maximum atomic E-state index is 12.5. The van der Waals surface area contributed by atoms with Crippen LogP contribution in [0.4, 0.5) is 0 Å². The summed E-state index contributed by atoms with van der Waals surface area (Å²) in [7, 11) is 0. The van der Waals surface area contributed by atoms with E-state index >= 15 is 0 Å². The Morgan fingerprint density at radius 2 is 2.05 bits per heavy atom. The normalized spacial score (nSPS) is 10.4. The van der Waals surface area contributed by atoms with Crippen LogP contribution in [0, 0.1) is 18.8 Å². The highest BCUT2D eigenvalue weighted by Gasteiger charge is 2.09. The zero-order chi connectivity index (χ0) is 14.8. The van der Waals surface area contributed by atoms with Gasteiger partial charge >= 0.3 is 0 Å². The first-order valence-corrected chi connectivity index (χ1v) is 7.29. The average molecular weight is 295 g/mol. The molecule has 3 rings (SSSR count). The fraction of sp³-hybridized carbons (Fsp3) is 0.118. The summed E-state index contributed by atoms with van der Waals surface area (Å²) in [6.07, 6.45) is 0. The van der Waals surface area contributed by atoms with Crippen LogP contribution in [0.15, 0.2) is 47.3 Å². The van der Waals surface area contributed by atoms with Gasteiger partial charge in [-0.05, 0) is 42.8 Å². The van der Waals surface area contributed by atoms with Crippen molar-refractivity contribution in [2.24, 2.45) is 0 Å². The first kappa shape index (κ1) is 13.6. The zero-order valence-corrected chi connectivity index (χ0v) is 12.3. The van der Waals surface area contributed by atoms with Crippen LogP contribution in [0.1, 0.15) is 11.1 Å². The fourth-order valence-corrected chi connectivity index (χ4v) is 3.22. The summed E-state index contributed by atoms with van der Waals surface area (Å²) in [5.41, 5.74) is 2.62. The maximum absolute atomic E-state index is 12.5. The molecule has 1 heterocycles. The molecule has 0 aliphatic rings. The molecule has 0 saturated heterocycles. The number of hydrogen-bond donors (Lipinski definition) is 1. The molecular formula is C17H13NO2S. The van der Waals surface area contributed by atoms with Crippen LogP contribution in [0.3, 0.4) is 0 Å². The maximum Gasteiger partial charge on any atom is 0.273 e. The van der Waals surface area contributed by atoms with Crippen molar-refractivity contribution >= 4 is 21.6 Å². The van der Waals surface area contributed by atoms with E-state index in [2.05, 4.69) is 11.8 Å². The van der Waals surface area contributed by atoms with Gasteiger partial charge in [-0.2, -0.15) is 0 Å². The third-order valence-electron chi connectivity index (χ3n) is 3.10. The number of aryl methyl sites for hydroxylation is 1. The van der Waals surface area contributed by atoms with Gasteiger partial charge in [0.2, 0.25) is 0 Å². The van der Waals surface area contributed by atoms with Crippen molar-refractivity contribution in [3.63, 3.8) is 0 Å². The number of aromatic nitrogens is 1. The minimum Gasteiger partial charge on any atom is -0.384 e. The number of aliphatic hydroxyl groups excluding tert-OH is 1. The summed E-state index contributed by atoms with van der Waals surface area (Å²) in [4.78, 5) is 12.5. The molecule has 0 bridgehead atoms. The first-order chi connectivity index (χ1) is 10.2. The molecule has 21 heavy (non-hydrogen) atoms. The minimum absolute atomic E-state index is 0.0118. The van der Waals surface area contributed by atoms with E-state index in [-0.39, 0.29) is 12.2 Å². The third kappa shape index (κ3) is 2.62. The lowest BCUT2D eigenvalue weighted by molar-refractivity contribution is 0.350. The monoisotopic (exact) mass is 295 g/mol. The van der Waals surface area contributed by atoms with E-state index in [1.54, 1.807) is 3.96 Å². The van der Waals surface area contributed by atoms with Crippen molar-refractivity contribution in [1.29, 1.82) is 0 Å². The van der Waals surface area contributed by atoms with Gasteiger partial charge in [0.15, 0.2) is 0 Å². The standard InChI is InChI=1S/C17H13NO2S/c1-12-9-13(5-4-8-19)11-14(10-12)18-17(20)15-6-2-3-7-16(15)21-18/h2-3,6-7,9-11,19H,8H2,1H3. The summed E-state index contributed by atoms with van der Waals surface area (Å²) in [6, 6.07) is 13.3. The van der Waals surface area contributed by atoms with E-state index in [9.17, 15) is 4.79 Å².